The van der Waals surface area contributed by atoms with E-state index in [1.165, 1.54) is 0 Å². The van der Waals surface area contributed by atoms with Crippen molar-refractivity contribution in [2.24, 2.45) is 5.92 Å². The molecule has 0 heterocycles. The number of hydrogen-bond donors (Lipinski definition) is 2. The zero-order valence-electron chi connectivity index (χ0n) is 14.6. The molecule has 0 bridgehead atoms. The smallest absolute Gasteiger partial charge is 0.306 e. The van der Waals surface area contributed by atoms with Gasteiger partial charge in [-0.05, 0) is 56.4 Å². The predicted molar refractivity (Wildman–Crippen MR) is 95.2 cm³/mol. The lowest BCUT2D eigenvalue weighted by molar-refractivity contribution is -0.142. The average molecular weight is 369 g/mol. The molecule has 1 aromatic carbocycles. The molecule has 6 nitrogen and oxygen atoms in total. The minimum Gasteiger partial charge on any atom is -0.494 e. The van der Waals surface area contributed by atoms with Crippen molar-refractivity contribution in [3.8, 4) is 5.75 Å². The van der Waals surface area contributed by atoms with Crippen molar-refractivity contribution in [3.63, 3.8) is 0 Å². The van der Waals surface area contributed by atoms with Gasteiger partial charge in [0.25, 0.3) is 0 Å². The monoisotopic (exact) mass is 369 g/mol. The molecule has 0 aromatic heterocycles. The Morgan fingerprint density at radius 2 is 1.80 bits per heavy atom. The van der Waals surface area contributed by atoms with Gasteiger partial charge >= 0.3 is 5.97 Å². The van der Waals surface area contributed by atoms with Crippen LogP contribution in [0, 0.1) is 5.92 Å². The van der Waals surface area contributed by atoms with Crippen LogP contribution in [0.5, 0.6) is 5.75 Å². The Kier molecular flexibility index (Phi) is 7.25. The molecule has 7 heteroatoms. The molecule has 0 atom stereocenters. The van der Waals surface area contributed by atoms with Gasteiger partial charge in [-0.15, -0.1) is 0 Å². The highest BCUT2D eigenvalue weighted by molar-refractivity contribution is 7.89. The van der Waals surface area contributed by atoms with Crippen molar-refractivity contribution < 1.29 is 23.1 Å². The summed E-state index contributed by atoms with van der Waals surface area (Å²) in [6.45, 7) is 2.76. The Bertz CT molecular complexity index is 649. The maximum absolute atomic E-state index is 12.5. The summed E-state index contributed by atoms with van der Waals surface area (Å²) in [5, 5.41) is 9.00. The van der Waals surface area contributed by atoms with Crippen molar-refractivity contribution in [3.05, 3.63) is 24.3 Å². The lowest BCUT2D eigenvalue weighted by atomic mass is 9.87. The molecule has 2 rings (SSSR count). The van der Waals surface area contributed by atoms with Crippen LogP contribution in [-0.4, -0.2) is 32.1 Å². The first-order chi connectivity index (χ1) is 11.9. The summed E-state index contributed by atoms with van der Waals surface area (Å²) < 4.78 is 33.2. The Balaban J connectivity index is 1.88. The highest BCUT2D eigenvalue weighted by Crippen LogP contribution is 2.26. The molecule has 2 N–H and O–H groups in total. The van der Waals surface area contributed by atoms with Crippen LogP contribution in [0.25, 0.3) is 0 Å². The number of ether oxygens (including phenoxy) is 1. The summed E-state index contributed by atoms with van der Waals surface area (Å²) >= 11 is 0. The molecule has 0 radical (unpaired) electrons. The van der Waals surface area contributed by atoms with E-state index in [0.29, 0.717) is 38.0 Å². The highest BCUT2D eigenvalue weighted by Gasteiger charge is 2.28. The fourth-order valence-corrected chi connectivity index (χ4v) is 4.31. The maximum atomic E-state index is 12.5. The molecule has 140 valence electrons. The first-order valence-electron chi connectivity index (χ1n) is 8.90. The van der Waals surface area contributed by atoms with Crippen LogP contribution in [0.1, 0.15) is 51.9 Å². The highest BCUT2D eigenvalue weighted by atomic mass is 32.2. The van der Waals surface area contributed by atoms with Gasteiger partial charge in [0.15, 0.2) is 0 Å². The molecule has 0 saturated heterocycles. The fourth-order valence-electron chi connectivity index (χ4n) is 3.00. The van der Waals surface area contributed by atoms with E-state index >= 15 is 0 Å². The molecular formula is C18H27NO5S. The summed E-state index contributed by atoms with van der Waals surface area (Å²) in [7, 11) is -3.60. The first-order valence-corrected chi connectivity index (χ1v) is 10.4. The molecule has 1 aromatic rings. The fraction of sp³-hybridized carbons (Fsp3) is 0.611. The summed E-state index contributed by atoms with van der Waals surface area (Å²) in [6, 6.07) is 6.22. The van der Waals surface area contributed by atoms with Crippen LogP contribution in [0.2, 0.25) is 0 Å². The molecule has 1 aliphatic carbocycles. The summed E-state index contributed by atoms with van der Waals surface area (Å²) in [5.41, 5.74) is 0. The van der Waals surface area contributed by atoms with Crippen LogP contribution >= 0.6 is 0 Å². The van der Waals surface area contributed by atoms with Crippen molar-refractivity contribution in [2.45, 2.75) is 62.8 Å². The Morgan fingerprint density at radius 3 is 2.36 bits per heavy atom. The van der Waals surface area contributed by atoms with Crippen molar-refractivity contribution in [1.29, 1.82) is 0 Å². The van der Waals surface area contributed by atoms with E-state index in [-0.39, 0.29) is 16.9 Å². The zero-order chi connectivity index (χ0) is 18.3. The third kappa shape index (κ3) is 6.01. The summed E-state index contributed by atoms with van der Waals surface area (Å²) in [5.74, 6) is -0.488. The van der Waals surface area contributed by atoms with Gasteiger partial charge in [-0.25, -0.2) is 13.1 Å². The molecule has 0 unspecified atom stereocenters. The molecule has 0 aliphatic heterocycles. The number of carbonyl (C=O) groups is 1. The normalized spacial score (nSPS) is 21.0. The molecule has 0 spiro atoms. The number of hydrogen-bond acceptors (Lipinski definition) is 4. The molecular weight excluding hydrogens is 342 g/mol. The second kappa shape index (κ2) is 9.20. The molecule has 1 saturated carbocycles. The van der Waals surface area contributed by atoms with Crippen LogP contribution in [0.3, 0.4) is 0 Å². The predicted octanol–water partition coefficient (Wildman–Crippen LogP) is 3.18. The first kappa shape index (κ1) is 19.7. The van der Waals surface area contributed by atoms with Crippen LogP contribution in [-0.2, 0) is 14.8 Å². The minimum absolute atomic E-state index is 0.203. The number of carboxylic acid groups (broad SMARTS) is 1. The SMILES string of the molecule is CCCCCOc1ccc(S(=O)(=O)NC2CCC(C(=O)O)CC2)cc1. The second-order valence-electron chi connectivity index (χ2n) is 6.54. The van der Waals surface area contributed by atoms with E-state index in [1.54, 1.807) is 24.3 Å². The number of sulfonamides is 1. The largest absolute Gasteiger partial charge is 0.494 e. The lowest BCUT2D eigenvalue weighted by Gasteiger charge is -2.26. The second-order valence-corrected chi connectivity index (χ2v) is 8.25. The van der Waals surface area contributed by atoms with Crippen LogP contribution < -0.4 is 9.46 Å². The molecule has 25 heavy (non-hydrogen) atoms. The van der Waals surface area contributed by atoms with Crippen LogP contribution in [0.4, 0.5) is 0 Å². The van der Waals surface area contributed by atoms with E-state index in [2.05, 4.69) is 11.6 Å². The molecule has 1 fully saturated rings. The van der Waals surface area contributed by atoms with E-state index in [4.69, 9.17) is 9.84 Å². The third-order valence-corrected chi connectivity index (χ3v) is 6.09. The maximum Gasteiger partial charge on any atom is 0.306 e. The Labute approximate surface area is 149 Å². The Hall–Kier alpha value is -1.60. The van der Waals surface area contributed by atoms with E-state index in [9.17, 15) is 13.2 Å². The summed E-state index contributed by atoms with van der Waals surface area (Å²) in [6.07, 6.45) is 5.34. The third-order valence-electron chi connectivity index (χ3n) is 4.55. The zero-order valence-corrected chi connectivity index (χ0v) is 15.4. The van der Waals surface area contributed by atoms with E-state index in [1.807, 2.05) is 0 Å². The van der Waals surface area contributed by atoms with Crippen molar-refractivity contribution in [2.75, 3.05) is 6.61 Å². The number of rotatable bonds is 9. The Morgan fingerprint density at radius 1 is 1.16 bits per heavy atom. The lowest BCUT2D eigenvalue weighted by Crippen LogP contribution is -2.38. The van der Waals surface area contributed by atoms with Gasteiger partial charge in [0, 0.05) is 6.04 Å². The quantitative estimate of drug-likeness (QED) is 0.652. The van der Waals surface area contributed by atoms with Gasteiger partial charge in [-0.3, -0.25) is 4.79 Å². The number of unbranched alkanes of at least 4 members (excludes halogenated alkanes) is 2. The number of benzene rings is 1. The van der Waals surface area contributed by atoms with Gasteiger partial charge in [0.05, 0.1) is 17.4 Å². The van der Waals surface area contributed by atoms with Gasteiger partial charge in [0.2, 0.25) is 10.0 Å². The number of aliphatic carboxylic acids is 1. The van der Waals surface area contributed by atoms with Crippen molar-refractivity contribution in [1.82, 2.24) is 4.72 Å². The van der Waals surface area contributed by atoms with Gasteiger partial charge in [0.1, 0.15) is 5.75 Å². The van der Waals surface area contributed by atoms with E-state index in [0.717, 1.165) is 19.3 Å². The van der Waals surface area contributed by atoms with Gasteiger partial charge in [-0.2, -0.15) is 0 Å². The topological polar surface area (TPSA) is 92.7 Å². The molecule has 0 amide bonds. The minimum atomic E-state index is -3.60. The van der Waals surface area contributed by atoms with Crippen LogP contribution in [0.15, 0.2) is 29.2 Å². The average Bonchev–Trinajstić information content (AvgIpc) is 2.59. The standard InChI is InChI=1S/C18H27NO5S/c1-2-3-4-13-24-16-9-11-17(12-10-16)25(22,23)19-15-7-5-14(6-8-15)18(20)21/h9-12,14-15,19H,2-8,13H2,1H3,(H,20,21). The number of nitrogens with one attached hydrogen (secondary N) is 1. The molecule has 1 aliphatic rings. The number of carboxylic acids is 1. The summed E-state index contributed by atoms with van der Waals surface area (Å²) in [4.78, 5) is 11.2. The van der Waals surface area contributed by atoms with Gasteiger partial charge in [-0.1, -0.05) is 19.8 Å². The van der Waals surface area contributed by atoms with E-state index < -0.39 is 16.0 Å². The van der Waals surface area contributed by atoms with Gasteiger partial charge < -0.3 is 9.84 Å². The van der Waals surface area contributed by atoms with Crippen molar-refractivity contribution >= 4 is 16.0 Å².